The summed E-state index contributed by atoms with van der Waals surface area (Å²) in [4.78, 5) is 11.4. The van der Waals surface area contributed by atoms with Gasteiger partial charge in [0.1, 0.15) is 0 Å². The fourth-order valence-corrected chi connectivity index (χ4v) is 3.42. The van der Waals surface area contributed by atoms with Gasteiger partial charge in [0.2, 0.25) is 0 Å². The highest BCUT2D eigenvalue weighted by atomic mass is 79.9. The molecule has 1 aromatic carbocycles. The van der Waals surface area contributed by atoms with Crippen molar-refractivity contribution in [1.29, 1.82) is 0 Å². The van der Waals surface area contributed by atoms with Crippen molar-refractivity contribution in [3.05, 3.63) is 28.2 Å². The highest BCUT2D eigenvalue weighted by Gasteiger charge is 2.40. The van der Waals surface area contributed by atoms with E-state index >= 15 is 0 Å². The van der Waals surface area contributed by atoms with E-state index in [2.05, 4.69) is 49.8 Å². The molecule has 0 amide bonds. The molecule has 0 N–H and O–H groups in total. The van der Waals surface area contributed by atoms with Crippen molar-refractivity contribution >= 4 is 36.3 Å². The lowest BCUT2D eigenvalue weighted by Gasteiger charge is -2.37. The molecule has 6 heteroatoms. The topological polar surface area (TPSA) is 44.8 Å². The van der Waals surface area contributed by atoms with Crippen LogP contribution in [0, 0.1) is 0 Å². The molecule has 24 heavy (non-hydrogen) atoms. The van der Waals surface area contributed by atoms with Gasteiger partial charge in [-0.05, 0) is 64.8 Å². The third-order valence-corrected chi connectivity index (χ3v) is 9.03. The van der Waals surface area contributed by atoms with Gasteiger partial charge in [-0.25, -0.2) is 4.79 Å². The monoisotopic (exact) mass is 414 g/mol. The van der Waals surface area contributed by atoms with E-state index in [4.69, 9.17) is 13.9 Å². The Balaban J connectivity index is 3.15. The first-order valence-corrected chi connectivity index (χ1v) is 11.6. The number of ether oxygens (including phenoxy) is 2. The number of methoxy groups -OCH3 is 1. The highest BCUT2D eigenvalue weighted by molar-refractivity contribution is 9.10. The van der Waals surface area contributed by atoms with Crippen LogP contribution in [0.4, 0.5) is 0 Å². The van der Waals surface area contributed by atoms with Crippen LogP contribution in [0.25, 0.3) is 6.08 Å². The molecule has 0 saturated carbocycles. The molecule has 0 heterocycles. The fourth-order valence-electron chi connectivity index (χ4n) is 1.70. The zero-order valence-corrected chi connectivity index (χ0v) is 18.1. The third kappa shape index (κ3) is 5.38. The molecule has 0 fully saturated rings. The lowest BCUT2D eigenvalue weighted by Crippen LogP contribution is -2.44. The minimum Gasteiger partial charge on any atom is -0.540 e. The molecule has 0 aliphatic rings. The van der Waals surface area contributed by atoms with Crippen molar-refractivity contribution in [2.75, 3.05) is 13.7 Å². The van der Waals surface area contributed by atoms with Gasteiger partial charge in [0.25, 0.3) is 8.32 Å². The van der Waals surface area contributed by atoms with Gasteiger partial charge >= 0.3 is 5.97 Å². The predicted molar refractivity (Wildman–Crippen MR) is 104 cm³/mol. The first kappa shape index (κ1) is 20.8. The van der Waals surface area contributed by atoms with Gasteiger partial charge < -0.3 is 13.9 Å². The van der Waals surface area contributed by atoms with E-state index in [9.17, 15) is 4.79 Å². The van der Waals surface area contributed by atoms with Crippen LogP contribution in [-0.2, 0) is 9.53 Å². The van der Waals surface area contributed by atoms with Crippen LogP contribution in [0.2, 0.25) is 18.1 Å². The standard InChI is InChI=1S/C18H27BrO4Si/c1-8-22-16(20)10-9-13-11-14(19)17(15(12-13)21-5)23-24(6,7)18(2,3)4/h9-12H,8H2,1-7H3. The van der Waals surface area contributed by atoms with Crippen LogP contribution >= 0.6 is 15.9 Å². The molecule has 0 radical (unpaired) electrons. The highest BCUT2D eigenvalue weighted by Crippen LogP contribution is 2.43. The van der Waals surface area contributed by atoms with E-state index in [0.29, 0.717) is 18.1 Å². The molecule has 0 aliphatic carbocycles. The Bertz CT molecular complexity index is 618. The molecule has 134 valence electrons. The van der Waals surface area contributed by atoms with Crippen molar-refractivity contribution in [3.8, 4) is 11.5 Å². The van der Waals surface area contributed by atoms with Crippen LogP contribution in [0.15, 0.2) is 22.7 Å². The normalized spacial score (nSPS) is 12.3. The largest absolute Gasteiger partial charge is 0.540 e. The van der Waals surface area contributed by atoms with Crippen molar-refractivity contribution in [3.63, 3.8) is 0 Å². The first-order chi connectivity index (χ1) is 11.0. The number of hydrogen-bond donors (Lipinski definition) is 0. The van der Waals surface area contributed by atoms with Crippen molar-refractivity contribution in [1.82, 2.24) is 0 Å². The lowest BCUT2D eigenvalue weighted by atomic mass is 10.2. The maximum atomic E-state index is 11.4. The quantitative estimate of drug-likeness (QED) is 0.354. The molecule has 1 rings (SSSR count). The minimum absolute atomic E-state index is 0.0833. The lowest BCUT2D eigenvalue weighted by molar-refractivity contribution is -0.137. The number of benzene rings is 1. The minimum atomic E-state index is -1.99. The number of carbonyl (C=O) groups is 1. The maximum Gasteiger partial charge on any atom is 0.330 e. The SMILES string of the molecule is CCOC(=O)C=Cc1cc(Br)c(O[Si](C)(C)C(C)(C)C)c(OC)c1. The first-order valence-electron chi connectivity index (χ1n) is 7.93. The van der Waals surface area contributed by atoms with Crippen LogP contribution in [0.1, 0.15) is 33.3 Å². The summed E-state index contributed by atoms with van der Waals surface area (Å²) in [6, 6.07) is 3.75. The van der Waals surface area contributed by atoms with Gasteiger partial charge in [-0.15, -0.1) is 0 Å². The van der Waals surface area contributed by atoms with E-state index in [-0.39, 0.29) is 11.0 Å². The smallest absolute Gasteiger partial charge is 0.330 e. The molecule has 0 spiro atoms. The maximum absolute atomic E-state index is 11.4. The number of rotatable bonds is 6. The van der Waals surface area contributed by atoms with E-state index in [0.717, 1.165) is 10.0 Å². The summed E-state index contributed by atoms with van der Waals surface area (Å²) in [7, 11) is -0.381. The summed E-state index contributed by atoms with van der Waals surface area (Å²) in [5.74, 6) is 0.976. The molecule has 0 unspecified atom stereocenters. The van der Waals surface area contributed by atoms with Crippen molar-refractivity contribution in [2.45, 2.75) is 45.8 Å². The predicted octanol–water partition coefficient (Wildman–Crippen LogP) is 5.42. The number of carbonyl (C=O) groups excluding carboxylic acids is 1. The number of halogens is 1. The Kier molecular flexibility index (Phi) is 7.10. The van der Waals surface area contributed by atoms with Crippen molar-refractivity contribution in [2.24, 2.45) is 0 Å². The third-order valence-electron chi connectivity index (χ3n) is 4.11. The van der Waals surface area contributed by atoms with E-state index in [1.807, 2.05) is 12.1 Å². The zero-order valence-electron chi connectivity index (χ0n) is 15.5. The van der Waals surface area contributed by atoms with Gasteiger partial charge in [-0.1, -0.05) is 20.8 Å². The summed E-state index contributed by atoms with van der Waals surface area (Å²) in [5, 5.41) is 0.0833. The van der Waals surface area contributed by atoms with Gasteiger partial charge in [0.05, 0.1) is 18.2 Å². The second-order valence-corrected chi connectivity index (χ2v) is 12.6. The summed E-state index contributed by atoms with van der Waals surface area (Å²) in [6.45, 7) is 13.1. The molecular formula is C18H27BrO4Si. The van der Waals surface area contributed by atoms with Gasteiger partial charge in [-0.2, -0.15) is 0 Å². The molecule has 1 aromatic rings. The molecular weight excluding hydrogens is 388 g/mol. The van der Waals surface area contributed by atoms with Crippen LogP contribution in [-0.4, -0.2) is 28.0 Å². The van der Waals surface area contributed by atoms with Crippen LogP contribution in [0.5, 0.6) is 11.5 Å². The number of esters is 1. The summed E-state index contributed by atoms with van der Waals surface area (Å²) in [6.07, 6.45) is 3.10. The van der Waals surface area contributed by atoms with Gasteiger partial charge in [-0.3, -0.25) is 0 Å². The second kappa shape index (κ2) is 8.21. The summed E-state index contributed by atoms with van der Waals surface area (Å²) >= 11 is 3.56. The Hall–Kier alpha value is -1.27. The van der Waals surface area contributed by atoms with Gasteiger partial charge in [0.15, 0.2) is 11.5 Å². The van der Waals surface area contributed by atoms with E-state index in [1.165, 1.54) is 6.08 Å². The average molecular weight is 415 g/mol. The summed E-state index contributed by atoms with van der Waals surface area (Å²) in [5.41, 5.74) is 0.828. The van der Waals surface area contributed by atoms with E-state index in [1.54, 1.807) is 20.1 Å². The Morgan fingerprint density at radius 2 is 1.92 bits per heavy atom. The van der Waals surface area contributed by atoms with Crippen LogP contribution < -0.4 is 9.16 Å². The molecule has 0 saturated heterocycles. The summed E-state index contributed by atoms with van der Waals surface area (Å²) < 4.78 is 17.6. The average Bonchev–Trinajstić information content (AvgIpc) is 2.46. The van der Waals surface area contributed by atoms with E-state index < -0.39 is 8.32 Å². The molecule has 0 aliphatic heterocycles. The zero-order chi connectivity index (χ0) is 18.5. The number of hydrogen-bond acceptors (Lipinski definition) is 4. The Morgan fingerprint density at radius 3 is 2.42 bits per heavy atom. The Morgan fingerprint density at radius 1 is 1.29 bits per heavy atom. The van der Waals surface area contributed by atoms with Crippen LogP contribution in [0.3, 0.4) is 0 Å². The molecule has 0 atom stereocenters. The van der Waals surface area contributed by atoms with Gasteiger partial charge in [0, 0.05) is 6.08 Å². The second-order valence-electron chi connectivity index (χ2n) is 6.98. The molecule has 0 bridgehead atoms. The fraction of sp³-hybridized carbons (Fsp3) is 0.500. The molecule has 0 aromatic heterocycles. The molecule has 4 nitrogen and oxygen atoms in total. The van der Waals surface area contributed by atoms with Crippen molar-refractivity contribution < 1.29 is 18.7 Å². The Labute approximate surface area is 154 Å².